The predicted octanol–water partition coefficient (Wildman–Crippen LogP) is 2.15. The maximum absolute atomic E-state index is 5.52. The fourth-order valence-corrected chi connectivity index (χ4v) is 1.55. The molecule has 15 heavy (non-hydrogen) atoms. The normalized spacial score (nSPS) is 10.5. The molecule has 2 N–H and O–H groups in total. The van der Waals surface area contributed by atoms with Gasteiger partial charge >= 0.3 is 0 Å². The van der Waals surface area contributed by atoms with Gasteiger partial charge in [0.2, 0.25) is 0 Å². The third-order valence-corrected chi connectivity index (χ3v) is 2.27. The van der Waals surface area contributed by atoms with E-state index in [4.69, 9.17) is 10.2 Å². The molecule has 0 saturated heterocycles. The molecule has 0 spiro atoms. The molecule has 0 unspecified atom stereocenters. The van der Waals surface area contributed by atoms with Crippen LogP contribution in [0.15, 0.2) is 34.9 Å². The summed E-state index contributed by atoms with van der Waals surface area (Å²) in [6, 6.07) is 8.22. The molecule has 3 heteroatoms. The fraction of sp³-hybridized carbons (Fsp3) is 0.250. The van der Waals surface area contributed by atoms with Gasteiger partial charge < -0.3 is 10.2 Å². The van der Waals surface area contributed by atoms with Crippen LogP contribution in [0, 0.1) is 6.92 Å². The van der Waals surface area contributed by atoms with E-state index in [1.165, 1.54) is 5.56 Å². The molecule has 1 aromatic heterocycles. The van der Waals surface area contributed by atoms with E-state index in [0.717, 1.165) is 17.7 Å². The quantitative estimate of drug-likeness (QED) is 0.829. The van der Waals surface area contributed by atoms with Gasteiger partial charge in [-0.2, -0.15) is 0 Å². The third-order valence-electron chi connectivity index (χ3n) is 2.27. The molecule has 0 radical (unpaired) electrons. The van der Waals surface area contributed by atoms with Gasteiger partial charge in [-0.15, -0.1) is 0 Å². The number of nitrogens with zero attached hydrogens (tertiary/aromatic N) is 1. The highest BCUT2D eigenvalue weighted by Crippen LogP contribution is 2.19. The second-order valence-electron chi connectivity index (χ2n) is 3.49. The van der Waals surface area contributed by atoms with Crippen molar-refractivity contribution in [2.24, 2.45) is 5.73 Å². The standard InChI is InChI=1S/C12H14N2O/c1-9-14-12(8-15-9)11-4-2-3-10(7-11)5-6-13/h2-4,7-8H,5-6,13H2,1H3. The van der Waals surface area contributed by atoms with Gasteiger partial charge in [-0.25, -0.2) is 4.98 Å². The summed E-state index contributed by atoms with van der Waals surface area (Å²) in [6.07, 6.45) is 2.57. The molecule has 0 aliphatic heterocycles. The molecule has 0 amide bonds. The van der Waals surface area contributed by atoms with Crippen LogP contribution >= 0.6 is 0 Å². The minimum Gasteiger partial charge on any atom is -0.449 e. The molecule has 0 fully saturated rings. The number of hydrogen-bond donors (Lipinski definition) is 1. The molecule has 0 bridgehead atoms. The molecule has 78 valence electrons. The van der Waals surface area contributed by atoms with E-state index in [-0.39, 0.29) is 0 Å². The van der Waals surface area contributed by atoms with E-state index in [1.54, 1.807) is 6.26 Å². The first-order chi connectivity index (χ1) is 7.29. The lowest BCUT2D eigenvalue weighted by Crippen LogP contribution is -2.02. The Kier molecular flexibility index (Phi) is 2.83. The Balaban J connectivity index is 2.32. The van der Waals surface area contributed by atoms with Crippen LogP contribution < -0.4 is 5.73 Å². The number of rotatable bonds is 3. The Morgan fingerprint density at radius 2 is 2.27 bits per heavy atom. The summed E-state index contributed by atoms with van der Waals surface area (Å²) in [7, 11) is 0. The average Bonchev–Trinajstić information content (AvgIpc) is 2.66. The molecule has 1 aromatic carbocycles. The van der Waals surface area contributed by atoms with Gasteiger partial charge in [-0.3, -0.25) is 0 Å². The summed E-state index contributed by atoms with van der Waals surface area (Å²) in [5, 5.41) is 0. The van der Waals surface area contributed by atoms with E-state index in [1.807, 2.05) is 19.1 Å². The SMILES string of the molecule is Cc1nc(-c2cccc(CCN)c2)co1. The van der Waals surface area contributed by atoms with Crippen molar-refractivity contribution in [3.63, 3.8) is 0 Å². The number of nitrogens with two attached hydrogens (primary N) is 1. The lowest BCUT2D eigenvalue weighted by atomic mass is 10.1. The van der Waals surface area contributed by atoms with Crippen molar-refractivity contribution in [1.29, 1.82) is 0 Å². The van der Waals surface area contributed by atoms with Crippen LogP contribution in [0.25, 0.3) is 11.3 Å². The zero-order chi connectivity index (χ0) is 10.7. The maximum Gasteiger partial charge on any atom is 0.191 e. The van der Waals surface area contributed by atoms with Gasteiger partial charge in [0.05, 0.1) is 0 Å². The van der Waals surface area contributed by atoms with Crippen LogP contribution in [0.1, 0.15) is 11.5 Å². The van der Waals surface area contributed by atoms with E-state index < -0.39 is 0 Å². The number of hydrogen-bond acceptors (Lipinski definition) is 3. The zero-order valence-corrected chi connectivity index (χ0v) is 8.73. The lowest BCUT2D eigenvalue weighted by molar-refractivity contribution is 0.521. The van der Waals surface area contributed by atoms with Crippen molar-refractivity contribution < 1.29 is 4.42 Å². The minimum atomic E-state index is 0.668. The molecule has 0 atom stereocenters. The molecule has 0 aliphatic rings. The van der Waals surface area contributed by atoms with Crippen molar-refractivity contribution in [3.8, 4) is 11.3 Å². The highest BCUT2D eigenvalue weighted by atomic mass is 16.3. The number of aromatic nitrogens is 1. The van der Waals surface area contributed by atoms with Crippen LogP contribution in [-0.4, -0.2) is 11.5 Å². The van der Waals surface area contributed by atoms with Gasteiger partial charge in [0.15, 0.2) is 5.89 Å². The summed E-state index contributed by atoms with van der Waals surface area (Å²) in [5.41, 5.74) is 8.71. The number of benzene rings is 1. The van der Waals surface area contributed by atoms with Gasteiger partial charge in [-0.05, 0) is 24.6 Å². The first-order valence-electron chi connectivity index (χ1n) is 5.01. The predicted molar refractivity (Wildman–Crippen MR) is 59.4 cm³/mol. The highest BCUT2D eigenvalue weighted by molar-refractivity contribution is 5.58. The van der Waals surface area contributed by atoms with Crippen molar-refractivity contribution >= 4 is 0 Å². The van der Waals surface area contributed by atoms with Crippen LogP contribution in [0.4, 0.5) is 0 Å². The maximum atomic E-state index is 5.52. The van der Waals surface area contributed by atoms with Gasteiger partial charge in [0, 0.05) is 12.5 Å². The van der Waals surface area contributed by atoms with Crippen LogP contribution in [0.3, 0.4) is 0 Å². The Morgan fingerprint density at radius 3 is 2.93 bits per heavy atom. The summed E-state index contributed by atoms with van der Waals surface area (Å²) in [4.78, 5) is 4.28. The first kappa shape index (κ1) is 9.93. The Hall–Kier alpha value is -1.61. The first-order valence-corrected chi connectivity index (χ1v) is 5.01. The Bertz CT molecular complexity index is 448. The van der Waals surface area contributed by atoms with E-state index >= 15 is 0 Å². The largest absolute Gasteiger partial charge is 0.449 e. The molecule has 0 aliphatic carbocycles. The van der Waals surface area contributed by atoms with Crippen molar-refractivity contribution in [1.82, 2.24) is 4.98 Å². The molecular weight excluding hydrogens is 188 g/mol. The topological polar surface area (TPSA) is 52.0 Å². The highest BCUT2D eigenvalue weighted by Gasteiger charge is 2.03. The third kappa shape index (κ3) is 2.25. The minimum absolute atomic E-state index is 0.668. The summed E-state index contributed by atoms with van der Waals surface area (Å²) in [5.74, 6) is 0.689. The van der Waals surface area contributed by atoms with Crippen LogP contribution in [-0.2, 0) is 6.42 Å². The van der Waals surface area contributed by atoms with E-state index in [0.29, 0.717) is 12.4 Å². The zero-order valence-electron chi connectivity index (χ0n) is 8.73. The second kappa shape index (κ2) is 4.28. The van der Waals surface area contributed by atoms with Crippen LogP contribution in [0.5, 0.6) is 0 Å². The van der Waals surface area contributed by atoms with Gasteiger partial charge in [0.1, 0.15) is 12.0 Å². The number of aryl methyl sites for hydroxylation is 1. The monoisotopic (exact) mass is 202 g/mol. The smallest absolute Gasteiger partial charge is 0.191 e. The summed E-state index contributed by atoms with van der Waals surface area (Å²) >= 11 is 0. The van der Waals surface area contributed by atoms with Crippen molar-refractivity contribution in [3.05, 3.63) is 42.0 Å². The molecule has 2 rings (SSSR count). The Labute approximate surface area is 88.9 Å². The summed E-state index contributed by atoms with van der Waals surface area (Å²) < 4.78 is 5.18. The average molecular weight is 202 g/mol. The second-order valence-corrected chi connectivity index (χ2v) is 3.49. The fourth-order valence-electron chi connectivity index (χ4n) is 1.55. The van der Waals surface area contributed by atoms with Gasteiger partial charge in [0.25, 0.3) is 0 Å². The molecular formula is C12H14N2O. The van der Waals surface area contributed by atoms with Gasteiger partial charge in [-0.1, -0.05) is 18.2 Å². The van der Waals surface area contributed by atoms with E-state index in [9.17, 15) is 0 Å². The van der Waals surface area contributed by atoms with E-state index in [2.05, 4.69) is 17.1 Å². The lowest BCUT2D eigenvalue weighted by Gasteiger charge is -2.00. The Morgan fingerprint density at radius 1 is 1.40 bits per heavy atom. The molecule has 3 nitrogen and oxygen atoms in total. The molecule has 1 heterocycles. The molecule has 2 aromatic rings. The van der Waals surface area contributed by atoms with Crippen LogP contribution in [0.2, 0.25) is 0 Å². The van der Waals surface area contributed by atoms with Crippen molar-refractivity contribution in [2.45, 2.75) is 13.3 Å². The van der Waals surface area contributed by atoms with Crippen molar-refractivity contribution in [2.75, 3.05) is 6.54 Å². The summed E-state index contributed by atoms with van der Waals surface area (Å²) in [6.45, 7) is 2.51. The molecule has 0 saturated carbocycles. The number of oxazole rings is 1.